The lowest BCUT2D eigenvalue weighted by atomic mass is 10.0. The highest BCUT2D eigenvalue weighted by Crippen LogP contribution is 2.28. The second-order valence-corrected chi connectivity index (χ2v) is 4.49. The first-order chi connectivity index (χ1) is 9.00. The average molecular weight is 309 g/mol. The summed E-state index contributed by atoms with van der Waals surface area (Å²) in [4.78, 5) is 12.5. The Hall–Kier alpha value is -1.27. The summed E-state index contributed by atoms with van der Waals surface area (Å²) in [7, 11) is 0. The maximum atomic E-state index is 12.7. The van der Waals surface area contributed by atoms with Gasteiger partial charge in [-0.05, 0) is 38.1 Å². The summed E-state index contributed by atoms with van der Waals surface area (Å²) in [6.45, 7) is 1.25. The van der Waals surface area contributed by atoms with E-state index in [1.54, 1.807) is 18.2 Å². The molecule has 0 unspecified atom stereocenters. The fourth-order valence-corrected chi connectivity index (χ4v) is 2.28. The van der Waals surface area contributed by atoms with Crippen molar-refractivity contribution in [2.24, 2.45) is 0 Å². The number of benzene rings is 1. The van der Waals surface area contributed by atoms with Crippen molar-refractivity contribution in [1.29, 1.82) is 0 Å². The molecule has 0 saturated carbocycles. The SMILES string of the molecule is Cl.O=C(N(c1ccccc1)C1CCNCC1)C(F)(F)F. The second kappa shape index (κ2) is 6.95. The molecule has 2 rings (SSSR count). The van der Waals surface area contributed by atoms with Gasteiger partial charge in [-0.2, -0.15) is 13.2 Å². The third-order valence-electron chi connectivity index (χ3n) is 3.17. The Morgan fingerprint density at radius 2 is 1.70 bits per heavy atom. The number of carbonyl (C=O) groups is 1. The number of amides is 1. The van der Waals surface area contributed by atoms with E-state index >= 15 is 0 Å². The molecule has 112 valence electrons. The molecular formula is C13H16ClF3N2O. The molecule has 3 nitrogen and oxygen atoms in total. The molecule has 1 aliphatic rings. The lowest BCUT2D eigenvalue weighted by Gasteiger charge is -2.35. The summed E-state index contributed by atoms with van der Waals surface area (Å²) in [5, 5.41) is 3.08. The Morgan fingerprint density at radius 3 is 2.20 bits per heavy atom. The third kappa shape index (κ3) is 3.86. The first kappa shape index (κ1) is 16.8. The molecule has 0 radical (unpaired) electrons. The summed E-state index contributed by atoms with van der Waals surface area (Å²) in [6.07, 6.45) is -3.80. The van der Waals surface area contributed by atoms with Crippen molar-refractivity contribution in [3.05, 3.63) is 30.3 Å². The molecule has 7 heteroatoms. The number of anilines is 1. The van der Waals surface area contributed by atoms with Crippen molar-refractivity contribution in [2.45, 2.75) is 25.1 Å². The van der Waals surface area contributed by atoms with Gasteiger partial charge in [0, 0.05) is 11.7 Å². The van der Waals surface area contributed by atoms with E-state index in [2.05, 4.69) is 5.32 Å². The van der Waals surface area contributed by atoms with Crippen LogP contribution in [-0.2, 0) is 4.79 Å². The molecule has 1 heterocycles. The lowest BCUT2D eigenvalue weighted by molar-refractivity contribution is -0.171. The van der Waals surface area contributed by atoms with Gasteiger partial charge in [-0.3, -0.25) is 4.79 Å². The number of hydrogen-bond acceptors (Lipinski definition) is 2. The minimum atomic E-state index is -4.85. The number of carbonyl (C=O) groups excluding carboxylic acids is 1. The van der Waals surface area contributed by atoms with Gasteiger partial charge < -0.3 is 10.2 Å². The van der Waals surface area contributed by atoms with Crippen LogP contribution in [0.25, 0.3) is 0 Å². The normalized spacial score (nSPS) is 16.4. The number of halogens is 4. The molecule has 1 aromatic carbocycles. The Morgan fingerprint density at radius 1 is 1.15 bits per heavy atom. The van der Waals surface area contributed by atoms with Gasteiger partial charge >= 0.3 is 12.1 Å². The number of nitrogens with zero attached hydrogens (tertiary/aromatic N) is 1. The van der Waals surface area contributed by atoms with E-state index in [0.29, 0.717) is 31.6 Å². The van der Waals surface area contributed by atoms with Gasteiger partial charge in [0.1, 0.15) is 0 Å². The summed E-state index contributed by atoms with van der Waals surface area (Å²) in [6, 6.07) is 7.64. The van der Waals surface area contributed by atoms with Crippen LogP contribution < -0.4 is 10.2 Å². The first-order valence-electron chi connectivity index (χ1n) is 6.16. The van der Waals surface area contributed by atoms with Crippen LogP contribution in [0.1, 0.15) is 12.8 Å². The molecule has 20 heavy (non-hydrogen) atoms. The molecule has 1 fully saturated rings. The van der Waals surface area contributed by atoms with Gasteiger partial charge in [-0.1, -0.05) is 18.2 Å². The van der Waals surface area contributed by atoms with Gasteiger partial charge in [-0.25, -0.2) is 0 Å². The molecular weight excluding hydrogens is 293 g/mol. The lowest BCUT2D eigenvalue weighted by Crippen LogP contribution is -2.51. The van der Waals surface area contributed by atoms with E-state index in [9.17, 15) is 18.0 Å². The van der Waals surface area contributed by atoms with Crippen LogP contribution in [0.2, 0.25) is 0 Å². The van der Waals surface area contributed by atoms with Crippen LogP contribution in [0.15, 0.2) is 30.3 Å². The molecule has 0 spiro atoms. The number of hydrogen-bond donors (Lipinski definition) is 1. The molecule has 0 aromatic heterocycles. The monoisotopic (exact) mass is 308 g/mol. The number of rotatable bonds is 2. The fraction of sp³-hybridized carbons (Fsp3) is 0.462. The van der Waals surface area contributed by atoms with E-state index in [4.69, 9.17) is 0 Å². The second-order valence-electron chi connectivity index (χ2n) is 4.49. The largest absolute Gasteiger partial charge is 0.471 e. The van der Waals surface area contributed by atoms with Gasteiger partial charge in [0.05, 0.1) is 0 Å². The predicted molar refractivity (Wildman–Crippen MR) is 73.1 cm³/mol. The van der Waals surface area contributed by atoms with Crippen LogP contribution in [-0.4, -0.2) is 31.2 Å². The number of nitrogens with one attached hydrogen (secondary N) is 1. The van der Waals surface area contributed by atoms with E-state index < -0.39 is 18.1 Å². The molecule has 1 aliphatic heterocycles. The van der Waals surface area contributed by atoms with E-state index in [1.807, 2.05) is 0 Å². The standard InChI is InChI=1S/C13H15F3N2O.ClH/c14-13(15,16)12(19)18(10-4-2-1-3-5-10)11-6-8-17-9-7-11;/h1-5,11,17H,6-9H2;1H. The zero-order valence-corrected chi connectivity index (χ0v) is 11.5. The van der Waals surface area contributed by atoms with E-state index in [-0.39, 0.29) is 12.4 Å². The van der Waals surface area contributed by atoms with Gasteiger partial charge in [0.2, 0.25) is 0 Å². The number of para-hydroxylation sites is 1. The van der Waals surface area contributed by atoms with Crippen molar-refractivity contribution in [2.75, 3.05) is 18.0 Å². The summed E-state index contributed by atoms with van der Waals surface area (Å²) in [5.41, 5.74) is 0.303. The van der Waals surface area contributed by atoms with Crippen LogP contribution in [0.4, 0.5) is 18.9 Å². The summed E-state index contributed by atoms with van der Waals surface area (Å²) in [5.74, 6) is -1.79. The zero-order valence-electron chi connectivity index (χ0n) is 10.7. The van der Waals surface area contributed by atoms with Gasteiger partial charge in [0.15, 0.2) is 0 Å². The molecule has 0 atom stereocenters. The van der Waals surface area contributed by atoms with Crippen molar-refractivity contribution >= 4 is 24.0 Å². The van der Waals surface area contributed by atoms with Crippen molar-refractivity contribution < 1.29 is 18.0 Å². The highest BCUT2D eigenvalue weighted by molar-refractivity contribution is 5.97. The highest BCUT2D eigenvalue weighted by Gasteiger charge is 2.45. The van der Waals surface area contributed by atoms with Gasteiger partial charge in [-0.15, -0.1) is 12.4 Å². The van der Waals surface area contributed by atoms with Crippen LogP contribution >= 0.6 is 12.4 Å². The molecule has 1 saturated heterocycles. The Balaban J connectivity index is 0.00000200. The minimum absolute atomic E-state index is 0. The average Bonchev–Trinajstić information content (AvgIpc) is 2.40. The first-order valence-corrected chi connectivity index (χ1v) is 6.16. The van der Waals surface area contributed by atoms with Crippen molar-refractivity contribution in [3.8, 4) is 0 Å². The fourth-order valence-electron chi connectivity index (χ4n) is 2.28. The van der Waals surface area contributed by atoms with Crippen molar-refractivity contribution in [3.63, 3.8) is 0 Å². The maximum Gasteiger partial charge on any atom is 0.471 e. The zero-order chi connectivity index (χ0) is 13.9. The Labute approximate surface area is 121 Å². The summed E-state index contributed by atoms with van der Waals surface area (Å²) < 4.78 is 38.2. The Kier molecular flexibility index (Phi) is 5.83. The molecule has 1 amide bonds. The molecule has 0 bridgehead atoms. The number of alkyl halides is 3. The molecule has 1 aromatic rings. The highest BCUT2D eigenvalue weighted by atomic mass is 35.5. The van der Waals surface area contributed by atoms with E-state index in [0.717, 1.165) is 4.90 Å². The topological polar surface area (TPSA) is 32.3 Å². The number of piperidine rings is 1. The summed E-state index contributed by atoms with van der Waals surface area (Å²) >= 11 is 0. The Bertz CT molecular complexity index is 433. The maximum absolute atomic E-state index is 12.7. The third-order valence-corrected chi connectivity index (χ3v) is 3.17. The smallest absolute Gasteiger partial charge is 0.317 e. The minimum Gasteiger partial charge on any atom is -0.317 e. The predicted octanol–water partition coefficient (Wildman–Crippen LogP) is 2.76. The van der Waals surface area contributed by atoms with Crippen molar-refractivity contribution in [1.82, 2.24) is 5.32 Å². The van der Waals surface area contributed by atoms with E-state index in [1.165, 1.54) is 12.1 Å². The molecule has 0 aliphatic carbocycles. The van der Waals surface area contributed by atoms with Crippen LogP contribution in [0.5, 0.6) is 0 Å². The van der Waals surface area contributed by atoms with Crippen LogP contribution in [0, 0.1) is 0 Å². The quantitative estimate of drug-likeness (QED) is 0.911. The molecule has 1 N–H and O–H groups in total. The van der Waals surface area contributed by atoms with Crippen LogP contribution in [0.3, 0.4) is 0 Å². The van der Waals surface area contributed by atoms with Gasteiger partial charge in [0.25, 0.3) is 0 Å².